The molecule has 0 bridgehead atoms. The standard InChI is InChI=1S/C14H27NO3/c1-5-9-18-11(3)10-14(4,13(16)17-6-2)15-12-7-8-12/h11-12,15H,5-10H2,1-4H3. The van der Waals surface area contributed by atoms with Gasteiger partial charge in [0.15, 0.2) is 0 Å². The molecule has 0 radical (unpaired) electrons. The lowest BCUT2D eigenvalue weighted by molar-refractivity contribution is -0.152. The van der Waals surface area contributed by atoms with Crippen molar-refractivity contribution in [3.8, 4) is 0 Å². The maximum Gasteiger partial charge on any atom is 0.326 e. The van der Waals surface area contributed by atoms with Gasteiger partial charge in [-0.15, -0.1) is 0 Å². The summed E-state index contributed by atoms with van der Waals surface area (Å²) in [6.07, 6.45) is 4.02. The van der Waals surface area contributed by atoms with Crippen LogP contribution in [0.2, 0.25) is 0 Å². The Morgan fingerprint density at radius 3 is 2.61 bits per heavy atom. The third-order valence-electron chi connectivity index (χ3n) is 3.13. The Morgan fingerprint density at radius 2 is 2.11 bits per heavy atom. The molecule has 18 heavy (non-hydrogen) atoms. The lowest BCUT2D eigenvalue weighted by Crippen LogP contribution is -2.53. The van der Waals surface area contributed by atoms with E-state index in [0.29, 0.717) is 19.1 Å². The molecule has 0 aromatic carbocycles. The maximum absolute atomic E-state index is 12.1. The molecule has 0 amide bonds. The molecule has 1 N–H and O–H groups in total. The van der Waals surface area contributed by atoms with E-state index in [1.54, 1.807) is 0 Å². The van der Waals surface area contributed by atoms with Crippen LogP contribution < -0.4 is 5.32 Å². The van der Waals surface area contributed by atoms with Crippen molar-refractivity contribution in [1.29, 1.82) is 0 Å². The van der Waals surface area contributed by atoms with Crippen molar-refractivity contribution < 1.29 is 14.3 Å². The molecule has 1 rings (SSSR count). The van der Waals surface area contributed by atoms with Crippen LogP contribution in [0.3, 0.4) is 0 Å². The highest BCUT2D eigenvalue weighted by molar-refractivity contribution is 5.80. The minimum absolute atomic E-state index is 0.0607. The summed E-state index contributed by atoms with van der Waals surface area (Å²) >= 11 is 0. The van der Waals surface area contributed by atoms with Crippen molar-refractivity contribution in [3.05, 3.63) is 0 Å². The zero-order valence-electron chi connectivity index (χ0n) is 12.1. The van der Waals surface area contributed by atoms with E-state index in [0.717, 1.165) is 25.9 Å². The third-order valence-corrected chi connectivity index (χ3v) is 3.13. The van der Waals surface area contributed by atoms with Crippen molar-refractivity contribution in [2.45, 2.75) is 71.1 Å². The van der Waals surface area contributed by atoms with E-state index in [-0.39, 0.29) is 12.1 Å². The van der Waals surface area contributed by atoms with Gasteiger partial charge in [0.05, 0.1) is 12.7 Å². The summed E-state index contributed by atoms with van der Waals surface area (Å²) in [4.78, 5) is 12.1. The van der Waals surface area contributed by atoms with E-state index in [9.17, 15) is 4.79 Å². The second kappa shape index (κ2) is 7.10. The Morgan fingerprint density at radius 1 is 1.44 bits per heavy atom. The minimum Gasteiger partial charge on any atom is -0.465 e. The predicted octanol–water partition coefficient (Wildman–Crippen LogP) is 2.27. The number of nitrogens with one attached hydrogen (secondary N) is 1. The fourth-order valence-corrected chi connectivity index (χ4v) is 2.12. The summed E-state index contributed by atoms with van der Waals surface area (Å²) in [6, 6.07) is 0.470. The quantitative estimate of drug-likeness (QED) is 0.644. The summed E-state index contributed by atoms with van der Waals surface area (Å²) in [5, 5.41) is 3.40. The van der Waals surface area contributed by atoms with Crippen molar-refractivity contribution in [2.75, 3.05) is 13.2 Å². The smallest absolute Gasteiger partial charge is 0.326 e. The van der Waals surface area contributed by atoms with Gasteiger partial charge in [0.1, 0.15) is 5.54 Å². The Balaban J connectivity index is 2.54. The van der Waals surface area contributed by atoms with E-state index < -0.39 is 5.54 Å². The topological polar surface area (TPSA) is 47.6 Å². The van der Waals surface area contributed by atoms with Crippen molar-refractivity contribution in [1.82, 2.24) is 5.32 Å². The van der Waals surface area contributed by atoms with Crippen LogP contribution in [0.1, 0.15) is 53.4 Å². The Bertz CT molecular complexity index is 266. The first-order chi connectivity index (χ1) is 8.51. The second-order valence-corrected chi connectivity index (χ2v) is 5.36. The van der Waals surface area contributed by atoms with Crippen LogP contribution in [0.25, 0.3) is 0 Å². The molecule has 1 fully saturated rings. The number of rotatable bonds is 9. The number of hydrogen-bond acceptors (Lipinski definition) is 4. The van der Waals surface area contributed by atoms with Gasteiger partial charge in [0, 0.05) is 19.1 Å². The van der Waals surface area contributed by atoms with E-state index >= 15 is 0 Å². The molecule has 0 aromatic heterocycles. The normalized spacial score (nSPS) is 20.2. The highest BCUT2D eigenvalue weighted by Crippen LogP contribution is 2.26. The molecule has 0 aromatic rings. The van der Waals surface area contributed by atoms with Crippen molar-refractivity contribution >= 4 is 5.97 Å². The lowest BCUT2D eigenvalue weighted by atomic mass is 9.94. The van der Waals surface area contributed by atoms with Gasteiger partial charge in [-0.05, 0) is 40.0 Å². The first kappa shape index (κ1) is 15.4. The molecule has 0 spiro atoms. The Hall–Kier alpha value is -0.610. The Labute approximate surface area is 110 Å². The number of ether oxygens (including phenoxy) is 2. The van der Waals surface area contributed by atoms with Gasteiger partial charge in [0.25, 0.3) is 0 Å². The number of carbonyl (C=O) groups excluding carboxylic acids is 1. The highest BCUT2D eigenvalue weighted by Gasteiger charge is 2.40. The minimum atomic E-state index is -0.621. The number of hydrogen-bond donors (Lipinski definition) is 1. The van der Waals surface area contributed by atoms with Gasteiger partial charge in [-0.2, -0.15) is 0 Å². The van der Waals surface area contributed by atoms with Gasteiger partial charge >= 0.3 is 5.97 Å². The number of carbonyl (C=O) groups is 1. The third kappa shape index (κ3) is 4.94. The lowest BCUT2D eigenvalue weighted by Gasteiger charge is -2.31. The van der Waals surface area contributed by atoms with E-state index in [4.69, 9.17) is 9.47 Å². The number of esters is 1. The molecule has 4 nitrogen and oxygen atoms in total. The predicted molar refractivity (Wildman–Crippen MR) is 71.5 cm³/mol. The molecule has 2 atom stereocenters. The van der Waals surface area contributed by atoms with Crippen LogP contribution in [0, 0.1) is 0 Å². The summed E-state index contributed by atoms with van der Waals surface area (Å²) in [5.74, 6) is -0.163. The summed E-state index contributed by atoms with van der Waals surface area (Å²) in [6.45, 7) is 9.03. The molecular formula is C14H27NO3. The van der Waals surface area contributed by atoms with Crippen LogP contribution in [-0.2, 0) is 14.3 Å². The molecule has 1 aliphatic carbocycles. The first-order valence-electron chi connectivity index (χ1n) is 7.08. The molecule has 106 valence electrons. The summed E-state index contributed by atoms with van der Waals surface area (Å²) in [5.41, 5.74) is -0.621. The fourth-order valence-electron chi connectivity index (χ4n) is 2.12. The molecular weight excluding hydrogens is 230 g/mol. The molecule has 4 heteroatoms. The molecule has 0 heterocycles. The van der Waals surface area contributed by atoms with Gasteiger partial charge < -0.3 is 9.47 Å². The zero-order valence-corrected chi connectivity index (χ0v) is 12.1. The van der Waals surface area contributed by atoms with E-state index in [2.05, 4.69) is 12.2 Å². The SMILES string of the molecule is CCCOC(C)CC(C)(NC1CC1)C(=O)OCC. The average Bonchev–Trinajstić information content (AvgIpc) is 3.10. The maximum atomic E-state index is 12.1. The molecule has 0 saturated heterocycles. The fraction of sp³-hybridized carbons (Fsp3) is 0.929. The highest BCUT2D eigenvalue weighted by atomic mass is 16.5. The second-order valence-electron chi connectivity index (χ2n) is 5.36. The molecule has 1 saturated carbocycles. The monoisotopic (exact) mass is 257 g/mol. The van der Waals surface area contributed by atoms with Crippen LogP contribution in [0.4, 0.5) is 0 Å². The molecule has 1 aliphatic rings. The van der Waals surface area contributed by atoms with Crippen LogP contribution in [0.5, 0.6) is 0 Å². The van der Waals surface area contributed by atoms with Crippen LogP contribution in [0.15, 0.2) is 0 Å². The van der Waals surface area contributed by atoms with Crippen molar-refractivity contribution in [2.24, 2.45) is 0 Å². The molecule has 0 aliphatic heterocycles. The average molecular weight is 257 g/mol. The largest absolute Gasteiger partial charge is 0.465 e. The van der Waals surface area contributed by atoms with Crippen LogP contribution >= 0.6 is 0 Å². The van der Waals surface area contributed by atoms with Gasteiger partial charge in [-0.3, -0.25) is 10.1 Å². The molecule has 2 unspecified atom stereocenters. The van der Waals surface area contributed by atoms with E-state index in [1.165, 1.54) is 0 Å². The summed E-state index contributed by atoms with van der Waals surface area (Å²) in [7, 11) is 0. The van der Waals surface area contributed by atoms with Gasteiger partial charge in [0.2, 0.25) is 0 Å². The van der Waals surface area contributed by atoms with Crippen molar-refractivity contribution in [3.63, 3.8) is 0 Å². The van der Waals surface area contributed by atoms with Gasteiger partial charge in [-0.25, -0.2) is 0 Å². The van der Waals surface area contributed by atoms with E-state index in [1.807, 2.05) is 20.8 Å². The summed E-state index contributed by atoms with van der Waals surface area (Å²) < 4.78 is 10.9. The first-order valence-corrected chi connectivity index (χ1v) is 7.08. The zero-order chi connectivity index (χ0) is 13.6. The van der Waals surface area contributed by atoms with Crippen LogP contribution in [-0.4, -0.2) is 36.9 Å². The van der Waals surface area contributed by atoms with Gasteiger partial charge in [-0.1, -0.05) is 6.92 Å². The Kier molecular flexibility index (Phi) is 6.09.